The van der Waals surface area contributed by atoms with Gasteiger partial charge in [0, 0.05) is 17.7 Å². The van der Waals surface area contributed by atoms with E-state index >= 15 is 0 Å². The summed E-state index contributed by atoms with van der Waals surface area (Å²) in [7, 11) is 0. The van der Waals surface area contributed by atoms with E-state index in [1.807, 2.05) is 0 Å². The highest BCUT2D eigenvalue weighted by Crippen LogP contribution is 2.28. The smallest absolute Gasteiger partial charge is 0.346 e. The Morgan fingerprint density at radius 3 is 2.00 bits per heavy atom. The van der Waals surface area contributed by atoms with E-state index in [2.05, 4.69) is 17.9 Å². The van der Waals surface area contributed by atoms with Crippen LogP contribution in [0, 0.1) is 11.6 Å². The highest BCUT2D eigenvalue weighted by Gasteiger charge is 2.21. The molecular formula is C27H20F2O7. The third-order valence-corrected chi connectivity index (χ3v) is 4.74. The molecule has 0 unspecified atom stereocenters. The van der Waals surface area contributed by atoms with Crippen molar-refractivity contribution in [1.29, 1.82) is 0 Å². The van der Waals surface area contributed by atoms with Gasteiger partial charge in [-0.1, -0.05) is 43.5 Å². The molecule has 0 bridgehead atoms. The van der Waals surface area contributed by atoms with Crippen LogP contribution in [-0.2, 0) is 25.7 Å². The molecule has 0 aliphatic heterocycles. The number of carbonyl (C=O) groups is 3. The molecule has 0 atom stereocenters. The second-order valence-corrected chi connectivity index (χ2v) is 7.09. The molecule has 3 rings (SSSR count). The molecule has 0 heterocycles. The third-order valence-electron chi connectivity index (χ3n) is 4.74. The summed E-state index contributed by atoms with van der Waals surface area (Å²) in [6, 6.07) is 14.3. The molecule has 0 aliphatic carbocycles. The first-order valence-electron chi connectivity index (χ1n) is 10.4. The second-order valence-electron chi connectivity index (χ2n) is 7.09. The summed E-state index contributed by atoms with van der Waals surface area (Å²) in [4.78, 5) is 34.5. The Morgan fingerprint density at radius 2 is 1.36 bits per heavy atom. The number of hydrogen-bond donors (Lipinski definition) is 0. The average molecular weight is 494 g/mol. The van der Waals surface area contributed by atoms with Crippen molar-refractivity contribution in [2.45, 2.75) is 6.61 Å². The monoisotopic (exact) mass is 494 g/mol. The molecule has 0 saturated carbocycles. The van der Waals surface area contributed by atoms with E-state index in [9.17, 15) is 23.2 Å². The van der Waals surface area contributed by atoms with Gasteiger partial charge < -0.3 is 18.9 Å². The van der Waals surface area contributed by atoms with Crippen molar-refractivity contribution in [3.63, 3.8) is 0 Å². The van der Waals surface area contributed by atoms with Crippen LogP contribution in [-0.4, -0.2) is 24.7 Å². The molecule has 0 fully saturated rings. The first kappa shape index (κ1) is 25.8. The molecule has 3 aromatic rings. The third kappa shape index (κ3) is 6.63. The largest absolute Gasteiger partial charge is 0.458 e. The predicted molar refractivity (Wildman–Crippen MR) is 125 cm³/mol. The lowest BCUT2D eigenvalue weighted by Crippen LogP contribution is -2.12. The number of hydrogen-bond acceptors (Lipinski definition) is 7. The Hall–Kier alpha value is -4.79. The van der Waals surface area contributed by atoms with Crippen molar-refractivity contribution in [3.8, 4) is 22.6 Å². The molecule has 36 heavy (non-hydrogen) atoms. The van der Waals surface area contributed by atoms with E-state index in [0.717, 1.165) is 18.2 Å². The van der Waals surface area contributed by atoms with E-state index in [1.165, 1.54) is 42.5 Å². The van der Waals surface area contributed by atoms with Crippen molar-refractivity contribution in [3.05, 3.63) is 109 Å². The van der Waals surface area contributed by atoms with Gasteiger partial charge in [-0.05, 0) is 41.5 Å². The summed E-state index contributed by atoms with van der Waals surface area (Å²) in [5.41, 5.74) is 0.363. The van der Waals surface area contributed by atoms with Gasteiger partial charge >= 0.3 is 17.9 Å². The van der Waals surface area contributed by atoms with Gasteiger partial charge in [0.05, 0.1) is 5.56 Å². The maximum absolute atomic E-state index is 14.8. The molecular weight excluding hydrogens is 474 g/mol. The highest BCUT2D eigenvalue weighted by atomic mass is 19.2. The van der Waals surface area contributed by atoms with Crippen LogP contribution in [0.3, 0.4) is 0 Å². The summed E-state index contributed by atoms with van der Waals surface area (Å²) in [5.74, 6) is -4.51. The van der Waals surface area contributed by atoms with Gasteiger partial charge in [0.25, 0.3) is 0 Å². The van der Waals surface area contributed by atoms with Gasteiger partial charge in [0.1, 0.15) is 18.1 Å². The van der Waals surface area contributed by atoms with Crippen molar-refractivity contribution in [1.82, 2.24) is 0 Å². The van der Waals surface area contributed by atoms with Gasteiger partial charge in [0.15, 0.2) is 11.6 Å². The van der Waals surface area contributed by atoms with Crippen molar-refractivity contribution < 1.29 is 42.1 Å². The van der Waals surface area contributed by atoms with Crippen LogP contribution in [0.15, 0.2) is 86.0 Å². The topological polar surface area (TPSA) is 88.1 Å². The zero-order valence-corrected chi connectivity index (χ0v) is 18.9. The molecule has 0 radical (unpaired) electrons. The second kappa shape index (κ2) is 12.1. The molecule has 184 valence electrons. The lowest BCUT2D eigenvalue weighted by atomic mass is 10.0. The minimum atomic E-state index is -1.36. The number of benzene rings is 3. The van der Waals surface area contributed by atoms with Crippen molar-refractivity contribution in [2.75, 3.05) is 6.79 Å². The molecule has 0 N–H and O–H groups in total. The molecule has 0 amide bonds. The fourth-order valence-corrected chi connectivity index (χ4v) is 2.90. The number of halogens is 2. The maximum Gasteiger partial charge on any atom is 0.346 e. The summed E-state index contributed by atoms with van der Waals surface area (Å²) < 4.78 is 49.4. The van der Waals surface area contributed by atoms with Gasteiger partial charge in [-0.2, -0.15) is 0 Å². The van der Waals surface area contributed by atoms with Crippen molar-refractivity contribution in [2.24, 2.45) is 0 Å². The standard InChI is InChI=1S/C27H20F2O7/c1-3-23(30)33-15-17-5-7-18(8-6-17)21-13-14-22(26(29)25(21)28)27(32)36-20-11-9-19(10-12-20)34-16-35-24(31)4-2/h3-14H,1-2,15-16H2. The van der Waals surface area contributed by atoms with Crippen LogP contribution < -0.4 is 9.47 Å². The first-order valence-corrected chi connectivity index (χ1v) is 10.4. The van der Waals surface area contributed by atoms with Crippen molar-refractivity contribution >= 4 is 17.9 Å². The number of rotatable bonds is 10. The Bertz CT molecular complexity index is 1280. The van der Waals surface area contributed by atoms with E-state index in [4.69, 9.17) is 14.2 Å². The summed E-state index contributed by atoms with van der Waals surface area (Å²) in [5, 5.41) is 0. The van der Waals surface area contributed by atoms with Gasteiger partial charge in [-0.15, -0.1) is 0 Å². The average Bonchev–Trinajstić information content (AvgIpc) is 2.90. The number of ether oxygens (including phenoxy) is 4. The zero-order chi connectivity index (χ0) is 26.1. The van der Waals surface area contributed by atoms with Gasteiger partial charge in [0.2, 0.25) is 6.79 Å². The molecule has 0 aromatic heterocycles. The van der Waals surface area contributed by atoms with Crippen LogP contribution in [0.2, 0.25) is 0 Å². The minimum Gasteiger partial charge on any atom is -0.458 e. The Labute approximate surface area is 205 Å². The van der Waals surface area contributed by atoms with E-state index in [-0.39, 0.29) is 24.7 Å². The fourth-order valence-electron chi connectivity index (χ4n) is 2.90. The molecule has 9 heteroatoms. The predicted octanol–water partition coefficient (Wildman–Crippen LogP) is 5.15. The highest BCUT2D eigenvalue weighted by molar-refractivity contribution is 5.92. The molecule has 3 aromatic carbocycles. The maximum atomic E-state index is 14.8. The number of carbonyl (C=O) groups excluding carboxylic acids is 3. The first-order chi connectivity index (χ1) is 17.3. The Kier molecular flexibility index (Phi) is 8.66. The van der Waals surface area contributed by atoms with Crippen LogP contribution in [0.25, 0.3) is 11.1 Å². The van der Waals surface area contributed by atoms with Crippen LogP contribution in [0.4, 0.5) is 8.78 Å². The molecule has 7 nitrogen and oxygen atoms in total. The van der Waals surface area contributed by atoms with Crippen LogP contribution in [0.1, 0.15) is 15.9 Å². The molecule has 0 spiro atoms. The van der Waals surface area contributed by atoms with E-state index in [0.29, 0.717) is 16.9 Å². The molecule has 0 aliphatic rings. The SMILES string of the molecule is C=CC(=O)OCOc1ccc(OC(=O)c2ccc(-c3ccc(COC(=O)C=C)cc3)c(F)c2F)cc1. The van der Waals surface area contributed by atoms with Gasteiger partial charge in [-0.3, -0.25) is 0 Å². The lowest BCUT2D eigenvalue weighted by Gasteiger charge is -2.10. The fraction of sp³-hybridized carbons (Fsp3) is 0.0741. The summed E-state index contributed by atoms with van der Waals surface area (Å²) in [6.45, 7) is 6.22. The summed E-state index contributed by atoms with van der Waals surface area (Å²) >= 11 is 0. The van der Waals surface area contributed by atoms with E-state index < -0.39 is 35.1 Å². The van der Waals surface area contributed by atoms with Crippen LogP contribution >= 0.6 is 0 Å². The minimum absolute atomic E-state index is 0.00260. The number of esters is 3. The Morgan fingerprint density at radius 1 is 0.750 bits per heavy atom. The summed E-state index contributed by atoms with van der Waals surface area (Å²) in [6.07, 6.45) is 2.03. The van der Waals surface area contributed by atoms with Crippen LogP contribution in [0.5, 0.6) is 11.5 Å². The quantitative estimate of drug-likeness (QED) is 0.167. The van der Waals surface area contributed by atoms with E-state index in [1.54, 1.807) is 12.1 Å². The Balaban J connectivity index is 1.66. The normalized spacial score (nSPS) is 10.2. The lowest BCUT2D eigenvalue weighted by molar-refractivity contribution is -0.144. The van der Waals surface area contributed by atoms with Gasteiger partial charge in [-0.25, -0.2) is 23.2 Å². The zero-order valence-electron chi connectivity index (χ0n) is 18.9. The molecule has 0 saturated heterocycles.